The van der Waals surface area contributed by atoms with Gasteiger partial charge in [0.05, 0.1) is 19.9 Å². The maximum Gasteiger partial charge on any atom is 0.221 e. The Bertz CT molecular complexity index is 1020. The summed E-state index contributed by atoms with van der Waals surface area (Å²) in [4.78, 5) is 8.83. The van der Waals surface area contributed by atoms with E-state index in [1.165, 1.54) is 0 Å². The summed E-state index contributed by atoms with van der Waals surface area (Å²) in [5, 5.41) is 0. The summed E-state index contributed by atoms with van der Waals surface area (Å²) >= 11 is 0. The molecule has 0 saturated carbocycles. The van der Waals surface area contributed by atoms with Crippen LogP contribution in [0.2, 0.25) is 0 Å². The SMILES string of the molecule is COc1ncccc1-c1cc(/C=C/c2ccc(C)cn2)c(OC)c(C(C)(C)C)c1. The topological polar surface area (TPSA) is 44.2 Å². The number of benzene rings is 1. The van der Waals surface area contributed by atoms with Crippen LogP contribution in [0.4, 0.5) is 0 Å². The second-order valence-electron chi connectivity index (χ2n) is 8.05. The molecule has 0 radical (unpaired) electrons. The number of hydrogen-bond acceptors (Lipinski definition) is 4. The van der Waals surface area contributed by atoms with Crippen molar-refractivity contribution < 1.29 is 9.47 Å². The summed E-state index contributed by atoms with van der Waals surface area (Å²) in [5.41, 5.74) is 6.05. The first-order chi connectivity index (χ1) is 13.8. The average Bonchev–Trinajstić information content (AvgIpc) is 2.72. The van der Waals surface area contributed by atoms with Crippen LogP contribution in [0, 0.1) is 6.92 Å². The molecule has 4 heteroatoms. The molecule has 0 aliphatic carbocycles. The lowest BCUT2D eigenvalue weighted by Crippen LogP contribution is -2.14. The summed E-state index contributed by atoms with van der Waals surface area (Å²) in [5.74, 6) is 1.47. The molecule has 0 atom stereocenters. The van der Waals surface area contributed by atoms with Gasteiger partial charge in [-0.1, -0.05) is 26.8 Å². The van der Waals surface area contributed by atoms with Gasteiger partial charge in [0.2, 0.25) is 5.88 Å². The van der Waals surface area contributed by atoms with Crippen molar-refractivity contribution in [2.75, 3.05) is 14.2 Å². The zero-order valence-corrected chi connectivity index (χ0v) is 18.0. The molecule has 1 aromatic carbocycles. The van der Waals surface area contributed by atoms with E-state index in [1.807, 2.05) is 37.4 Å². The van der Waals surface area contributed by atoms with E-state index in [-0.39, 0.29) is 5.41 Å². The van der Waals surface area contributed by atoms with Crippen molar-refractivity contribution >= 4 is 12.2 Å². The second kappa shape index (κ2) is 8.48. The monoisotopic (exact) mass is 388 g/mol. The van der Waals surface area contributed by atoms with Crippen molar-refractivity contribution in [3.8, 4) is 22.8 Å². The molecular formula is C25H28N2O2. The Morgan fingerprint density at radius 2 is 1.72 bits per heavy atom. The number of methoxy groups -OCH3 is 2. The van der Waals surface area contributed by atoms with Gasteiger partial charge >= 0.3 is 0 Å². The summed E-state index contributed by atoms with van der Waals surface area (Å²) < 4.78 is 11.3. The molecule has 0 aliphatic rings. The van der Waals surface area contributed by atoms with E-state index in [0.29, 0.717) is 5.88 Å². The molecule has 0 amide bonds. The lowest BCUT2D eigenvalue weighted by molar-refractivity contribution is 0.396. The van der Waals surface area contributed by atoms with Gasteiger partial charge in [0.1, 0.15) is 5.75 Å². The molecule has 0 aliphatic heterocycles. The number of pyridine rings is 2. The van der Waals surface area contributed by atoms with Crippen molar-refractivity contribution in [1.82, 2.24) is 9.97 Å². The maximum atomic E-state index is 5.84. The number of aryl methyl sites for hydroxylation is 1. The van der Waals surface area contributed by atoms with Crippen molar-refractivity contribution in [3.63, 3.8) is 0 Å². The molecule has 2 heterocycles. The van der Waals surface area contributed by atoms with Gasteiger partial charge < -0.3 is 9.47 Å². The molecule has 3 rings (SSSR count). The first-order valence-electron chi connectivity index (χ1n) is 9.66. The molecular weight excluding hydrogens is 360 g/mol. The Balaban J connectivity index is 2.19. The van der Waals surface area contributed by atoms with Crippen molar-refractivity contribution in [2.24, 2.45) is 0 Å². The van der Waals surface area contributed by atoms with Crippen LogP contribution in [0.5, 0.6) is 11.6 Å². The molecule has 0 fully saturated rings. The third-order valence-electron chi connectivity index (χ3n) is 4.77. The third kappa shape index (κ3) is 4.65. The fourth-order valence-corrected chi connectivity index (χ4v) is 3.24. The van der Waals surface area contributed by atoms with Gasteiger partial charge in [-0.25, -0.2) is 4.98 Å². The highest BCUT2D eigenvalue weighted by molar-refractivity contribution is 5.79. The van der Waals surface area contributed by atoms with Gasteiger partial charge in [-0.2, -0.15) is 0 Å². The van der Waals surface area contributed by atoms with Gasteiger partial charge in [-0.05, 0) is 65.9 Å². The highest BCUT2D eigenvalue weighted by Crippen LogP contribution is 2.40. The van der Waals surface area contributed by atoms with E-state index in [4.69, 9.17) is 9.47 Å². The van der Waals surface area contributed by atoms with E-state index in [1.54, 1.807) is 20.4 Å². The van der Waals surface area contributed by atoms with Crippen LogP contribution < -0.4 is 9.47 Å². The molecule has 0 bridgehead atoms. The Hall–Kier alpha value is -3.14. The molecule has 29 heavy (non-hydrogen) atoms. The Labute approximate surface area is 173 Å². The number of hydrogen-bond donors (Lipinski definition) is 0. The minimum Gasteiger partial charge on any atom is -0.496 e. The molecule has 0 unspecified atom stereocenters. The number of aromatic nitrogens is 2. The molecule has 0 saturated heterocycles. The van der Waals surface area contributed by atoms with Crippen LogP contribution in [0.3, 0.4) is 0 Å². The summed E-state index contributed by atoms with van der Waals surface area (Å²) in [6, 6.07) is 12.3. The van der Waals surface area contributed by atoms with Gasteiger partial charge in [-0.3, -0.25) is 4.98 Å². The minimum absolute atomic E-state index is 0.0957. The van der Waals surface area contributed by atoms with Crippen LogP contribution in [0.15, 0.2) is 48.8 Å². The fourth-order valence-electron chi connectivity index (χ4n) is 3.24. The maximum absolute atomic E-state index is 5.84. The Morgan fingerprint density at radius 1 is 0.931 bits per heavy atom. The summed E-state index contributed by atoms with van der Waals surface area (Å²) in [7, 11) is 3.36. The normalized spacial score (nSPS) is 11.7. The Kier molecular flexibility index (Phi) is 6.02. The van der Waals surface area contributed by atoms with Gasteiger partial charge in [0, 0.05) is 29.1 Å². The van der Waals surface area contributed by atoms with E-state index >= 15 is 0 Å². The smallest absolute Gasteiger partial charge is 0.221 e. The largest absolute Gasteiger partial charge is 0.496 e. The molecule has 2 aromatic heterocycles. The molecule has 0 N–H and O–H groups in total. The third-order valence-corrected chi connectivity index (χ3v) is 4.77. The highest BCUT2D eigenvalue weighted by Gasteiger charge is 2.23. The second-order valence-corrected chi connectivity index (χ2v) is 8.05. The average molecular weight is 389 g/mol. The standard InChI is InChI=1S/C25H28N2O2/c1-17-9-11-20(27-16-17)12-10-18-14-19(21-8-7-13-26-24(21)29-6)15-22(23(18)28-5)25(2,3)4/h7-16H,1-6H3/b12-10+. The van der Waals surface area contributed by atoms with Crippen LogP contribution in [-0.4, -0.2) is 24.2 Å². The predicted octanol–water partition coefficient (Wildman–Crippen LogP) is 5.94. The van der Waals surface area contributed by atoms with E-state index < -0.39 is 0 Å². The van der Waals surface area contributed by atoms with Gasteiger partial charge in [0.25, 0.3) is 0 Å². The number of ether oxygens (including phenoxy) is 2. The molecule has 3 aromatic rings. The molecule has 150 valence electrons. The summed E-state index contributed by atoms with van der Waals surface area (Å²) in [6.45, 7) is 8.59. The Morgan fingerprint density at radius 3 is 2.34 bits per heavy atom. The first kappa shape index (κ1) is 20.6. The van der Waals surface area contributed by atoms with E-state index in [9.17, 15) is 0 Å². The highest BCUT2D eigenvalue weighted by atomic mass is 16.5. The zero-order valence-electron chi connectivity index (χ0n) is 18.0. The van der Waals surface area contributed by atoms with E-state index in [2.05, 4.69) is 55.0 Å². The van der Waals surface area contributed by atoms with Crippen LogP contribution in [-0.2, 0) is 5.41 Å². The van der Waals surface area contributed by atoms with Crippen molar-refractivity contribution in [2.45, 2.75) is 33.1 Å². The van der Waals surface area contributed by atoms with Crippen LogP contribution in [0.25, 0.3) is 23.3 Å². The molecule has 0 spiro atoms. The lowest BCUT2D eigenvalue weighted by atomic mass is 9.83. The van der Waals surface area contributed by atoms with Crippen molar-refractivity contribution in [1.29, 1.82) is 0 Å². The van der Waals surface area contributed by atoms with Gasteiger partial charge in [0.15, 0.2) is 0 Å². The predicted molar refractivity (Wildman–Crippen MR) is 119 cm³/mol. The van der Waals surface area contributed by atoms with Crippen molar-refractivity contribution in [3.05, 3.63) is 71.2 Å². The first-order valence-corrected chi connectivity index (χ1v) is 9.66. The zero-order chi connectivity index (χ0) is 21.0. The van der Waals surface area contributed by atoms with E-state index in [0.717, 1.165) is 39.3 Å². The lowest BCUT2D eigenvalue weighted by Gasteiger charge is -2.25. The van der Waals surface area contributed by atoms with Crippen LogP contribution in [0.1, 0.15) is 43.2 Å². The summed E-state index contributed by atoms with van der Waals surface area (Å²) in [6.07, 6.45) is 7.67. The van der Waals surface area contributed by atoms with Gasteiger partial charge in [-0.15, -0.1) is 0 Å². The quantitative estimate of drug-likeness (QED) is 0.543. The molecule has 4 nitrogen and oxygen atoms in total. The van der Waals surface area contributed by atoms with Crippen LogP contribution >= 0.6 is 0 Å². The fraction of sp³-hybridized carbons (Fsp3) is 0.280. The minimum atomic E-state index is -0.0957. The number of rotatable bonds is 5. The number of nitrogens with zero attached hydrogens (tertiary/aromatic N) is 2.